The lowest BCUT2D eigenvalue weighted by Gasteiger charge is -2.20. The molecule has 0 aliphatic heterocycles. The van der Waals surface area contributed by atoms with Crippen LogP contribution in [0.4, 0.5) is 4.79 Å². The zero-order valence-corrected chi connectivity index (χ0v) is 10.3. The highest BCUT2D eigenvalue weighted by Gasteiger charge is 2.12. The van der Waals surface area contributed by atoms with Crippen molar-refractivity contribution in [2.75, 3.05) is 20.3 Å². The number of methoxy groups -OCH3 is 1. The van der Waals surface area contributed by atoms with E-state index in [-0.39, 0.29) is 12.1 Å². The molecule has 0 aromatic heterocycles. The van der Waals surface area contributed by atoms with Gasteiger partial charge in [0.1, 0.15) is 0 Å². The van der Waals surface area contributed by atoms with Gasteiger partial charge in [-0.15, -0.1) is 0 Å². The van der Waals surface area contributed by atoms with E-state index in [1.165, 1.54) is 0 Å². The molecule has 2 N–H and O–H groups in total. The third kappa shape index (κ3) is 7.19. The topological polar surface area (TPSA) is 50.4 Å². The maximum absolute atomic E-state index is 11.4. The van der Waals surface area contributed by atoms with E-state index >= 15 is 0 Å². The van der Waals surface area contributed by atoms with E-state index in [0.717, 1.165) is 12.8 Å². The van der Waals surface area contributed by atoms with Gasteiger partial charge in [-0.1, -0.05) is 20.8 Å². The molecular weight excluding hydrogens is 192 g/mol. The Morgan fingerprint density at radius 3 is 2.53 bits per heavy atom. The number of carbonyl (C=O) groups excluding carboxylic acids is 1. The number of urea groups is 1. The van der Waals surface area contributed by atoms with Crippen LogP contribution in [0.25, 0.3) is 0 Å². The van der Waals surface area contributed by atoms with Crippen molar-refractivity contribution in [1.82, 2.24) is 10.6 Å². The summed E-state index contributed by atoms with van der Waals surface area (Å²) in [5, 5.41) is 5.76. The van der Waals surface area contributed by atoms with Crippen molar-refractivity contribution in [3.05, 3.63) is 0 Å². The minimum Gasteiger partial charge on any atom is -0.385 e. The van der Waals surface area contributed by atoms with Crippen LogP contribution in [-0.2, 0) is 4.74 Å². The van der Waals surface area contributed by atoms with Crippen LogP contribution in [0, 0.1) is 5.92 Å². The molecule has 0 unspecified atom stereocenters. The third-order valence-electron chi connectivity index (χ3n) is 2.37. The lowest BCUT2D eigenvalue weighted by molar-refractivity contribution is 0.193. The van der Waals surface area contributed by atoms with Crippen molar-refractivity contribution in [2.24, 2.45) is 5.92 Å². The van der Waals surface area contributed by atoms with Crippen LogP contribution in [-0.4, -0.2) is 32.3 Å². The van der Waals surface area contributed by atoms with E-state index in [4.69, 9.17) is 4.74 Å². The predicted molar refractivity (Wildman–Crippen MR) is 61.9 cm³/mol. The van der Waals surface area contributed by atoms with E-state index in [1.807, 2.05) is 0 Å². The van der Waals surface area contributed by atoms with Gasteiger partial charge in [0.15, 0.2) is 0 Å². The Labute approximate surface area is 92.8 Å². The number of ether oxygens (including phenoxy) is 1. The first-order valence-corrected chi connectivity index (χ1v) is 5.65. The number of amides is 2. The maximum atomic E-state index is 11.4. The van der Waals surface area contributed by atoms with Gasteiger partial charge in [-0.05, 0) is 18.8 Å². The Balaban J connectivity index is 3.62. The largest absolute Gasteiger partial charge is 0.385 e. The fourth-order valence-corrected chi connectivity index (χ4v) is 1.38. The summed E-state index contributed by atoms with van der Waals surface area (Å²) in [4.78, 5) is 11.4. The summed E-state index contributed by atoms with van der Waals surface area (Å²) in [6.45, 7) is 7.64. The Bertz CT molecular complexity index is 172. The van der Waals surface area contributed by atoms with Gasteiger partial charge in [0.05, 0.1) is 0 Å². The molecule has 0 heterocycles. The van der Waals surface area contributed by atoms with Gasteiger partial charge < -0.3 is 15.4 Å². The highest BCUT2D eigenvalue weighted by molar-refractivity contribution is 5.74. The van der Waals surface area contributed by atoms with E-state index in [1.54, 1.807) is 7.11 Å². The van der Waals surface area contributed by atoms with Crippen molar-refractivity contribution in [1.29, 1.82) is 0 Å². The van der Waals surface area contributed by atoms with Crippen LogP contribution < -0.4 is 10.6 Å². The number of hydrogen-bond acceptors (Lipinski definition) is 2. The molecule has 1 atom stereocenters. The smallest absolute Gasteiger partial charge is 0.315 e. The Kier molecular flexibility index (Phi) is 8.09. The molecule has 0 aromatic carbocycles. The molecule has 4 heteroatoms. The molecule has 90 valence electrons. The van der Waals surface area contributed by atoms with Gasteiger partial charge in [-0.25, -0.2) is 4.79 Å². The van der Waals surface area contributed by atoms with Gasteiger partial charge in [-0.2, -0.15) is 0 Å². The van der Waals surface area contributed by atoms with E-state index < -0.39 is 0 Å². The van der Waals surface area contributed by atoms with E-state index in [9.17, 15) is 4.79 Å². The summed E-state index contributed by atoms with van der Waals surface area (Å²) in [5.74, 6) is 0.472. The van der Waals surface area contributed by atoms with Gasteiger partial charge in [0.2, 0.25) is 0 Å². The first kappa shape index (κ1) is 14.2. The van der Waals surface area contributed by atoms with Gasteiger partial charge in [0.25, 0.3) is 0 Å². The SMILES string of the molecule is CC[C@@H](NC(=O)NCCCOC)C(C)C. The molecule has 0 rings (SSSR count). The second-order valence-corrected chi connectivity index (χ2v) is 4.01. The summed E-state index contributed by atoms with van der Waals surface area (Å²) in [7, 11) is 1.66. The number of carbonyl (C=O) groups is 1. The quantitative estimate of drug-likeness (QED) is 0.637. The van der Waals surface area contributed by atoms with E-state index in [0.29, 0.717) is 19.1 Å². The van der Waals surface area contributed by atoms with Crippen LogP contribution in [0.2, 0.25) is 0 Å². The summed E-state index contributed by atoms with van der Waals surface area (Å²) in [6, 6.07) is 0.180. The fourth-order valence-electron chi connectivity index (χ4n) is 1.38. The lowest BCUT2D eigenvalue weighted by Crippen LogP contribution is -2.44. The van der Waals surface area contributed by atoms with E-state index in [2.05, 4.69) is 31.4 Å². The number of hydrogen-bond donors (Lipinski definition) is 2. The molecule has 4 nitrogen and oxygen atoms in total. The van der Waals surface area contributed by atoms with Crippen LogP contribution in [0.15, 0.2) is 0 Å². The summed E-state index contributed by atoms with van der Waals surface area (Å²) in [5.41, 5.74) is 0. The van der Waals surface area contributed by atoms with Gasteiger partial charge >= 0.3 is 6.03 Å². The zero-order chi connectivity index (χ0) is 11.7. The minimum absolute atomic E-state index is 0.0772. The first-order valence-electron chi connectivity index (χ1n) is 5.65. The van der Waals surface area contributed by atoms with Crippen LogP contribution >= 0.6 is 0 Å². The van der Waals surface area contributed by atoms with Crippen LogP contribution in [0.3, 0.4) is 0 Å². The zero-order valence-electron chi connectivity index (χ0n) is 10.3. The maximum Gasteiger partial charge on any atom is 0.315 e. The molecule has 0 aliphatic rings. The number of rotatable bonds is 7. The van der Waals surface area contributed by atoms with Gasteiger partial charge in [-0.3, -0.25) is 0 Å². The Morgan fingerprint density at radius 1 is 1.40 bits per heavy atom. The third-order valence-corrected chi connectivity index (χ3v) is 2.37. The lowest BCUT2D eigenvalue weighted by atomic mass is 10.0. The molecule has 0 aromatic rings. The Hall–Kier alpha value is -0.770. The molecule has 0 fully saturated rings. The van der Waals surface area contributed by atoms with Crippen molar-refractivity contribution in [3.63, 3.8) is 0 Å². The molecule has 0 bridgehead atoms. The fraction of sp³-hybridized carbons (Fsp3) is 0.909. The summed E-state index contributed by atoms with van der Waals surface area (Å²) in [6.07, 6.45) is 1.81. The average Bonchev–Trinajstić information content (AvgIpc) is 2.20. The van der Waals surface area contributed by atoms with Crippen molar-refractivity contribution >= 4 is 6.03 Å². The molecule has 0 saturated carbocycles. The minimum atomic E-state index is -0.0772. The average molecular weight is 216 g/mol. The van der Waals surface area contributed by atoms with Gasteiger partial charge in [0, 0.05) is 26.3 Å². The van der Waals surface area contributed by atoms with Crippen molar-refractivity contribution in [3.8, 4) is 0 Å². The van der Waals surface area contributed by atoms with Crippen molar-refractivity contribution < 1.29 is 9.53 Å². The molecule has 0 radical (unpaired) electrons. The predicted octanol–water partition coefficient (Wildman–Crippen LogP) is 1.76. The molecule has 0 spiro atoms. The molecule has 0 saturated heterocycles. The second-order valence-electron chi connectivity index (χ2n) is 4.01. The second kappa shape index (κ2) is 8.53. The molecule has 2 amide bonds. The highest BCUT2D eigenvalue weighted by atomic mass is 16.5. The van der Waals surface area contributed by atoms with Crippen LogP contribution in [0.1, 0.15) is 33.6 Å². The molecule has 0 aliphatic carbocycles. The molecule has 15 heavy (non-hydrogen) atoms. The van der Waals surface area contributed by atoms with Crippen LogP contribution in [0.5, 0.6) is 0 Å². The Morgan fingerprint density at radius 2 is 2.07 bits per heavy atom. The summed E-state index contributed by atoms with van der Waals surface area (Å²) >= 11 is 0. The highest BCUT2D eigenvalue weighted by Crippen LogP contribution is 2.04. The monoisotopic (exact) mass is 216 g/mol. The summed E-state index contributed by atoms with van der Waals surface area (Å²) < 4.78 is 4.89. The number of nitrogens with one attached hydrogen (secondary N) is 2. The van der Waals surface area contributed by atoms with Crippen molar-refractivity contribution in [2.45, 2.75) is 39.7 Å². The first-order chi connectivity index (χ1) is 7.11. The standard InChI is InChI=1S/C11H24N2O2/c1-5-10(9(2)3)13-11(14)12-7-6-8-15-4/h9-10H,5-8H2,1-4H3,(H2,12,13,14)/t10-/m1/s1. The normalized spacial score (nSPS) is 12.6. The molecular formula is C11H24N2O2.